The largest absolute Gasteiger partial charge is 0.348 e. The molecule has 0 aliphatic carbocycles. The number of hydrogen-bond donors (Lipinski definition) is 3. The lowest BCUT2D eigenvalue weighted by Crippen LogP contribution is -2.52. The third-order valence-electron chi connectivity index (χ3n) is 4.12. The van der Waals surface area contributed by atoms with Gasteiger partial charge in [-0.2, -0.15) is 0 Å². The van der Waals surface area contributed by atoms with Gasteiger partial charge in [0.2, 0.25) is 0 Å². The highest BCUT2D eigenvalue weighted by molar-refractivity contribution is 5.95. The van der Waals surface area contributed by atoms with Crippen molar-refractivity contribution in [3.63, 3.8) is 0 Å². The summed E-state index contributed by atoms with van der Waals surface area (Å²) in [6.07, 6.45) is 1.94. The van der Waals surface area contributed by atoms with Crippen LogP contribution in [0.25, 0.3) is 0 Å². The van der Waals surface area contributed by atoms with Gasteiger partial charge in [0.15, 0.2) is 0 Å². The van der Waals surface area contributed by atoms with Crippen molar-refractivity contribution in [3.8, 4) is 0 Å². The minimum Gasteiger partial charge on any atom is -0.348 e. The predicted molar refractivity (Wildman–Crippen MR) is 93.5 cm³/mol. The average molecular weight is 343 g/mol. The molecule has 1 fully saturated rings. The van der Waals surface area contributed by atoms with E-state index in [2.05, 4.69) is 20.6 Å². The molecule has 0 bridgehead atoms. The molecule has 2 atom stereocenters. The molecule has 3 N–H and O–H groups in total. The molecule has 1 aromatic rings. The fourth-order valence-electron chi connectivity index (χ4n) is 2.69. The summed E-state index contributed by atoms with van der Waals surface area (Å²) < 4.78 is 0. The molecule has 23 heavy (non-hydrogen) atoms. The highest BCUT2D eigenvalue weighted by Crippen LogP contribution is 2.17. The Morgan fingerprint density at radius 3 is 2.52 bits per heavy atom. The summed E-state index contributed by atoms with van der Waals surface area (Å²) in [5, 5.41) is 6.29. The molecule has 1 amide bonds. The zero-order chi connectivity index (χ0) is 16.5. The first-order chi connectivity index (χ1) is 10.2. The molecule has 2 rings (SSSR count). The van der Waals surface area contributed by atoms with Crippen LogP contribution in [0.3, 0.4) is 0 Å². The fourth-order valence-corrected chi connectivity index (χ4v) is 2.69. The van der Waals surface area contributed by atoms with Gasteiger partial charge >= 0.3 is 0 Å². The first kappa shape index (κ1) is 19.6. The highest BCUT2D eigenvalue weighted by atomic mass is 35.5. The van der Waals surface area contributed by atoms with E-state index in [1.54, 1.807) is 6.92 Å². The van der Waals surface area contributed by atoms with E-state index in [1.807, 2.05) is 27.7 Å². The van der Waals surface area contributed by atoms with Crippen LogP contribution in [0.5, 0.6) is 0 Å². The van der Waals surface area contributed by atoms with Gasteiger partial charge in [-0.05, 0) is 33.2 Å². The van der Waals surface area contributed by atoms with Crippen LogP contribution in [-0.4, -0.2) is 34.5 Å². The number of nitrogens with zero attached hydrogens (tertiary/aromatic N) is 1. The minimum atomic E-state index is -0.369. The normalized spacial score (nSPS) is 21.4. The van der Waals surface area contributed by atoms with Crippen LogP contribution in [0.1, 0.15) is 62.4 Å². The van der Waals surface area contributed by atoms with Gasteiger partial charge in [0.25, 0.3) is 11.5 Å². The SMILES string of the molecule is Cc1nc(C(C)(C)C)[nH]c(=O)c1C(=O)NC1CCCNC1C.Cl. The number of hydrogen-bond acceptors (Lipinski definition) is 4. The minimum absolute atomic E-state index is 0. The van der Waals surface area contributed by atoms with Crippen molar-refractivity contribution in [1.82, 2.24) is 20.6 Å². The van der Waals surface area contributed by atoms with E-state index < -0.39 is 0 Å². The molecule has 1 aromatic heterocycles. The van der Waals surface area contributed by atoms with Gasteiger partial charge in [-0.3, -0.25) is 9.59 Å². The molecule has 0 radical (unpaired) electrons. The zero-order valence-electron chi connectivity index (χ0n) is 14.4. The third kappa shape index (κ3) is 4.54. The molecule has 7 heteroatoms. The molecule has 1 aliphatic rings. The molecule has 6 nitrogen and oxygen atoms in total. The lowest BCUT2D eigenvalue weighted by molar-refractivity contribution is 0.0917. The summed E-state index contributed by atoms with van der Waals surface area (Å²) >= 11 is 0. The maximum absolute atomic E-state index is 12.5. The van der Waals surface area contributed by atoms with Crippen LogP contribution in [0.2, 0.25) is 0 Å². The summed E-state index contributed by atoms with van der Waals surface area (Å²) in [6.45, 7) is 10.6. The maximum Gasteiger partial charge on any atom is 0.264 e. The number of amides is 1. The van der Waals surface area contributed by atoms with Gasteiger partial charge < -0.3 is 15.6 Å². The van der Waals surface area contributed by atoms with E-state index in [-0.39, 0.29) is 46.9 Å². The highest BCUT2D eigenvalue weighted by Gasteiger charge is 2.26. The van der Waals surface area contributed by atoms with Crippen molar-refractivity contribution in [2.45, 2.75) is 65.0 Å². The number of aromatic amines is 1. The van der Waals surface area contributed by atoms with Gasteiger partial charge in [0.1, 0.15) is 11.4 Å². The van der Waals surface area contributed by atoms with Gasteiger partial charge in [-0.15, -0.1) is 12.4 Å². The van der Waals surface area contributed by atoms with Crippen molar-refractivity contribution < 1.29 is 4.79 Å². The molecule has 1 aliphatic heterocycles. The summed E-state index contributed by atoms with van der Waals surface area (Å²) in [4.78, 5) is 31.9. The zero-order valence-corrected chi connectivity index (χ0v) is 15.3. The number of carbonyl (C=O) groups excluding carboxylic acids is 1. The molecule has 130 valence electrons. The summed E-state index contributed by atoms with van der Waals surface area (Å²) in [5.41, 5.74) is -0.0412. The first-order valence-electron chi connectivity index (χ1n) is 7.86. The second-order valence-corrected chi connectivity index (χ2v) is 7.09. The molecule has 2 unspecified atom stereocenters. The second kappa shape index (κ2) is 7.45. The predicted octanol–water partition coefficient (Wildman–Crippen LogP) is 1.67. The van der Waals surface area contributed by atoms with Crippen LogP contribution < -0.4 is 16.2 Å². The van der Waals surface area contributed by atoms with Crippen LogP contribution >= 0.6 is 12.4 Å². The molecular formula is C16H27ClN4O2. The van der Waals surface area contributed by atoms with Crippen LogP contribution in [-0.2, 0) is 5.41 Å². The van der Waals surface area contributed by atoms with E-state index in [4.69, 9.17) is 0 Å². The number of piperidine rings is 1. The number of aromatic nitrogens is 2. The Bertz CT molecular complexity index is 621. The van der Waals surface area contributed by atoms with Gasteiger partial charge in [-0.1, -0.05) is 20.8 Å². The number of aryl methyl sites for hydroxylation is 1. The Morgan fingerprint density at radius 2 is 2.00 bits per heavy atom. The van der Waals surface area contributed by atoms with E-state index in [1.165, 1.54) is 0 Å². The Kier molecular flexibility index (Phi) is 6.36. The Labute approximate surface area is 143 Å². The standard InChI is InChI=1S/C16H26N4O2.ClH/c1-9-11(7-6-8-17-9)19-13(21)12-10(2)18-15(16(3,4)5)20-14(12)22;/h9,11,17H,6-8H2,1-5H3,(H,19,21)(H,18,20,22);1H. The van der Waals surface area contributed by atoms with Gasteiger partial charge in [0.05, 0.1) is 5.69 Å². The second-order valence-electron chi connectivity index (χ2n) is 7.09. The summed E-state index contributed by atoms with van der Waals surface area (Å²) in [7, 11) is 0. The van der Waals surface area contributed by atoms with E-state index in [0.29, 0.717) is 11.5 Å². The van der Waals surface area contributed by atoms with Crippen LogP contribution in [0, 0.1) is 6.92 Å². The average Bonchev–Trinajstić information content (AvgIpc) is 2.39. The third-order valence-corrected chi connectivity index (χ3v) is 4.12. The van der Waals surface area contributed by atoms with Gasteiger partial charge in [0, 0.05) is 17.5 Å². The van der Waals surface area contributed by atoms with Crippen molar-refractivity contribution >= 4 is 18.3 Å². The number of carbonyl (C=O) groups is 1. The van der Waals surface area contributed by atoms with Crippen LogP contribution in [0.4, 0.5) is 0 Å². The Balaban J connectivity index is 0.00000264. The molecule has 1 saturated heterocycles. The number of H-pyrrole nitrogens is 1. The first-order valence-corrected chi connectivity index (χ1v) is 7.86. The summed E-state index contributed by atoms with van der Waals surface area (Å²) in [6, 6.07) is 0.251. The maximum atomic E-state index is 12.5. The molecular weight excluding hydrogens is 316 g/mol. The van der Waals surface area contributed by atoms with Crippen molar-refractivity contribution in [1.29, 1.82) is 0 Å². The number of halogens is 1. The lowest BCUT2D eigenvalue weighted by atomic mass is 9.95. The Morgan fingerprint density at radius 1 is 1.35 bits per heavy atom. The van der Waals surface area contributed by atoms with Crippen LogP contribution in [0.15, 0.2) is 4.79 Å². The van der Waals surface area contributed by atoms with Crippen molar-refractivity contribution in [2.24, 2.45) is 0 Å². The van der Waals surface area contributed by atoms with Gasteiger partial charge in [-0.25, -0.2) is 4.98 Å². The number of nitrogens with one attached hydrogen (secondary N) is 3. The Hall–Kier alpha value is -1.40. The molecule has 2 heterocycles. The van der Waals surface area contributed by atoms with E-state index >= 15 is 0 Å². The topological polar surface area (TPSA) is 86.9 Å². The van der Waals surface area contributed by atoms with Crippen molar-refractivity contribution in [2.75, 3.05) is 6.54 Å². The van der Waals surface area contributed by atoms with E-state index in [0.717, 1.165) is 19.4 Å². The van der Waals surface area contributed by atoms with E-state index in [9.17, 15) is 9.59 Å². The van der Waals surface area contributed by atoms with Crippen molar-refractivity contribution in [3.05, 3.63) is 27.4 Å². The molecule has 0 saturated carbocycles. The quantitative estimate of drug-likeness (QED) is 0.763. The monoisotopic (exact) mass is 342 g/mol. The molecule has 0 spiro atoms. The smallest absolute Gasteiger partial charge is 0.264 e. The molecule has 0 aromatic carbocycles. The lowest BCUT2D eigenvalue weighted by Gasteiger charge is -2.30. The fraction of sp³-hybridized carbons (Fsp3) is 0.688. The summed E-state index contributed by atoms with van der Waals surface area (Å²) in [5.74, 6) is 0.256. The number of rotatable bonds is 2.